The molecule has 1 N–H and O–H groups in total. The number of imide groups is 2. The zero-order valence-electron chi connectivity index (χ0n) is 16.5. The van der Waals surface area contributed by atoms with Gasteiger partial charge in [0.2, 0.25) is 11.8 Å². The molecule has 1 aromatic carbocycles. The van der Waals surface area contributed by atoms with Gasteiger partial charge < -0.3 is 4.90 Å². The smallest absolute Gasteiger partial charge is 0.330 e. The quantitative estimate of drug-likeness (QED) is 0.473. The second-order valence-electron chi connectivity index (χ2n) is 8.27. The van der Waals surface area contributed by atoms with E-state index in [0.29, 0.717) is 30.9 Å². The maximum atomic E-state index is 13.6. The van der Waals surface area contributed by atoms with Gasteiger partial charge in [-0.05, 0) is 36.8 Å². The number of non-ortho nitro benzene ring substituents is 1. The van der Waals surface area contributed by atoms with Gasteiger partial charge in [0.05, 0.1) is 11.0 Å². The minimum Gasteiger partial charge on any atom is -0.367 e. The lowest BCUT2D eigenvalue weighted by Crippen LogP contribution is -2.73. The molecule has 0 aliphatic carbocycles. The van der Waals surface area contributed by atoms with Gasteiger partial charge in [-0.3, -0.25) is 29.9 Å². The molecule has 3 atom stereocenters. The standard InChI is InChI=1S/C20H24N4O5/c1-3-7-23-18(26)20(17(25)21-19(23)27)11-13-10-14(24(28)29)4-5-15(13)22-8-6-12(2)9-16(20)22/h4-5,10,12,16H,3,6-9,11H2,1-2H3,(H,21,25,27)/t12-,16+,20-/m1/s1. The Morgan fingerprint density at radius 3 is 2.76 bits per heavy atom. The number of anilines is 1. The maximum Gasteiger partial charge on any atom is 0.330 e. The van der Waals surface area contributed by atoms with E-state index in [-0.39, 0.29) is 24.7 Å². The molecule has 0 saturated carbocycles. The number of nitro benzene ring substituents is 1. The lowest BCUT2D eigenvalue weighted by molar-refractivity contribution is -0.384. The summed E-state index contributed by atoms with van der Waals surface area (Å²) >= 11 is 0. The van der Waals surface area contributed by atoms with Crippen LogP contribution in [0.1, 0.15) is 38.7 Å². The molecule has 3 aliphatic rings. The molecule has 2 saturated heterocycles. The highest BCUT2D eigenvalue weighted by Crippen LogP contribution is 2.49. The van der Waals surface area contributed by atoms with Gasteiger partial charge in [0.25, 0.3) is 5.69 Å². The number of carbonyl (C=O) groups is 3. The Kier molecular flexibility index (Phi) is 4.55. The number of carbonyl (C=O) groups excluding carboxylic acids is 3. The number of barbiturate groups is 1. The second-order valence-corrected chi connectivity index (χ2v) is 8.27. The SMILES string of the molecule is CCCN1C(=O)NC(=O)[C@]2(Cc3cc([N+](=O)[O-])ccc3N3CC[C@@H](C)C[C@H]32)C1=O. The van der Waals surface area contributed by atoms with Crippen molar-refractivity contribution in [2.24, 2.45) is 11.3 Å². The van der Waals surface area contributed by atoms with Crippen molar-refractivity contribution >= 4 is 29.2 Å². The molecule has 4 amide bonds. The summed E-state index contributed by atoms with van der Waals surface area (Å²) in [7, 11) is 0. The summed E-state index contributed by atoms with van der Waals surface area (Å²) in [6.07, 6.45) is 2.17. The van der Waals surface area contributed by atoms with Crippen molar-refractivity contribution in [1.82, 2.24) is 10.2 Å². The summed E-state index contributed by atoms with van der Waals surface area (Å²) in [6.45, 7) is 4.83. The number of amides is 4. The van der Waals surface area contributed by atoms with Gasteiger partial charge in [-0.25, -0.2) is 4.79 Å². The van der Waals surface area contributed by atoms with E-state index >= 15 is 0 Å². The first-order valence-corrected chi connectivity index (χ1v) is 10.0. The Labute approximate surface area is 168 Å². The van der Waals surface area contributed by atoms with Gasteiger partial charge in [0.15, 0.2) is 5.41 Å². The van der Waals surface area contributed by atoms with Gasteiger partial charge in [-0.15, -0.1) is 0 Å². The van der Waals surface area contributed by atoms with Crippen LogP contribution in [0.4, 0.5) is 16.2 Å². The first kappa shape index (κ1) is 19.4. The molecule has 2 fully saturated rings. The summed E-state index contributed by atoms with van der Waals surface area (Å²) in [6, 6.07) is 3.55. The Morgan fingerprint density at radius 2 is 2.07 bits per heavy atom. The van der Waals surface area contributed by atoms with Crippen LogP contribution >= 0.6 is 0 Å². The number of nitrogens with zero attached hydrogens (tertiary/aromatic N) is 3. The zero-order valence-corrected chi connectivity index (χ0v) is 16.5. The molecule has 3 aliphatic heterocycles. The Morgan fingerprint density at radius 1 is 1.31 bits per heavy atom. The number of fused-ring (bicyclic) bond motifs is 4. The molecule has 1 aromatic rings. The number of nitro groups is 1. The number of hydrogen-bond donors (Lipinski definition) is 1. The van der Waals surface area contributed by atoms with Gasteiger partial charge in [0.1, 0.15) is 0 Å². The predicted octanol–water partition coefficient (Wildman–Crippen LogP) is 2.23. The summed E-state index contributed by atoms with van der Waals surface area (Å²) in [5.74, 6) is -0.763. The largest absolute Gasteiger partial charge is 0.367 e. The summed E-state index contributed by atoms with van der Waals surface area (Å²) < 4.78 is 0. The van der Waals surface area contributed by atoms with Crippen LogP contribution in [0.25, 0.3) is 0 Å². The first-order chi connectivity index (χ1) is 13.8. The fourth-order valence-electron chi connectivity index (χ4n) is 5.01. The Hall–Kier alpha value is -2.97. The normalized spacial score (nSPS) is 28.8. The molecular weight excluding hydrogens is 376 g/mol. The lowest BCUT2D eigenvalue weighted by atomic mass is 9.65. The van der Waals surface area contributed by atoms with Gasteiger partial charge in [-0.1, -0.05) is 13.8 Å². The molecule has 29 heavy (non-hydrogen) atoms. The predicted molar refractivity (Wildman–Crippen MR) is 104 cm³/mol. The van der Waals surface area contributed by atoms with Crippen molar-refractivity contribution < 1.29 is 19.3 Å². The second kappa shape index (κ2) is 6.82. The van der Waals surface area contributed by atoms with E-state index in [1.54, 1.807) is 6.07 Å². The number of piperidine rings is 1. The molecule has 4 rings (SSSR count). The average molecular weight is 400 g/mol. The van der Waals surface area contributed by atoms with Gasteiger partial charge >= 0.3 is 6.03 Å². The molecule has 154 valence electrons. The van der Waals surface area contributed by atoms with E-state index in [0.717, 1.165) is 17.0 Å². The van der Waals surface area contributed by atoms with Crippen LogP contribution in [-0.4, -0.2) is 46.8 Å². The monoisotopic (exact) mass is 400 g/mol. The Balaban J connectivity index is 1.88. The van der Waals surface area contributed by atoms with E-state index < -0.39 is 28.2 Å². The van der Waals surface area contributed by atoms with Crippen molar-refractivity contribution in [3.05, 3.63) is 33.9 Å². The number of rotatable bonds is 3. The molecule has 0 unspecified atom stereocenters. The molecule has 3 heterocycles. The van der Waals surface area contributed by atoms with Crippen molar-refractivity contribution in [2.75, 3.05) is 18.0 Å². The van der Waals surface area contributed by atoms with Crippen LogP contribution in [0, 0.1) is 21.4 Å². The highest BCUT2D eigenvalue weighted by atomic mass is 16.6. The number of benzene rings is 1. The van der Waals surface area contributed by atoms with Crippen LogP contribution in [0.2, 0.25) is 0 Å². The average Bonchev–Trinajstić information content (AvgIpc) is 2.68. The Bertz CT molecular complexity index is 916. The highest BCUT2D eigenvalue weighted by molar-refractivity contribution is 6.20. The fraction of sp³-hybridized carbons (Fsp3) is 0.550. The van der Waals surface area contributed by atoms with E-state index in [9.17, 15) is 24.5 Å². The molecule has 9 nitrogen and oxygen atoms in total. The third-order valence-corrected chi connectivity index (χ3v) is 6.43. The third kappa shape index (κ3) is 2.79. The maximum absolute atomic E-state index is 13.6. The van der Waals surface area contributed by atoms with Crippen LogP contribution in [0.5, 0.6) is 0 Å². The van der Waals surface area contributed by atoms with E-state index in [1.165, 1.54) is 12.1 Å². The van der Waals surface area contributed by atoms with E-state index in [4.69, 9.17) is 0 Å². The van der Waals surface area contributed by atoms with Crippen LogP contribution in [-0.2, 0) is 16.0 Å². The summed E-state index contributed by atoms with van der Waals surface area (Å²) in [5, 5.41) is 13.7. The van der Waals surface area contributed by atoms with Gasteiger partial charge in [0, 0.05) is 37.3 Å². The fourth-order valence-corrected chi connectivity index (χ4v) is 5.01. The molecule has 9 heteroatoms. The first-order valence-electron chi connectivity index (χ1n) is 10.0. The van der Waals surface area contributed by atoms with Crippen molar-refractivity contribution in [3.63, 3.8) is 0 Å². The topological polar surface area (TPSA) is 113 Å². The van der Waals surface area contributed by atoms with E-state index in [1.807, 2.05) is 11.8 Å². The van der Waals surface area contributed by atoms with Crippen molar-refractivity contribution in [2.45, 2.75) is 45.6 Å². The third-order valence-electron chi connectivity index (χ3n) is 6.43. The minimum atomic E-state index is -1.46. The molecular formula is C20H24N4O5. The highest BCUT2D eigenvalue weighted by Gasteiger charge is 2.62. The van der Waals surface area contributed by atoms with E-state index in [2.05, 4.69) is 12.2 Å². The minimum absolute atomic E-state index is 0.0516. The lowest BCUT2D eigenvalue weighted by Gasteiger charge is -2.54. The molecule has 0 radical (unpaired) electrons. The summed E-state index contributed by atoms with van der Waals surface area (Å²) in [5.41, 5.74) is -0.107. The van der Waals surface area contributed by atoms with Crippen molar-refractivity contribution in [1.29, 1.82) is 0 Å². The number of nitrogens with one attached hydrogen (secondary N) is 1. The van der Waals surface area contributed by atoms with Crippen molar-refractivity contribution in [3.8, 4) is 0 Å². The van der Waals surface area contributed by atoms with Gasteiger partial charge in [-0.2, -0.15) is 0 Å². The molecule has 0 aromatic heterocycles. The van der Waals surface area contributed by atoms with Crippen LogP contribution in [0.3, 0.4) is 0 Å². The molecule has 1 spiro atoms. The zero-order chi connectivity index (χ0) is 20.9. The van der Waals surface area contributed by atoms with Crippen LogP contribution in [0.15, 0.2) is 18.2 Å². The molecule has 0 bridgehead atoms. The number of hydrogen-bond acceptors (Lipinski definition) is 6. The number of urea groups is 1. The summed E-state index contributed by atoms with van der Waals surface area (Å²) in [4.78, 5) is 53.1. The van der Waals surface area contributed by atoms with Crippen LogP contribution < -0.4 is 10.2 Å².